The van der Waals surface area contributed by atoms with E-state index in [0.29, 0.717) is 11.8 Å². The van der Waals surface area contributed by atoms with Crippen LogP contribution in [0.3, 0.4) is 0 Å². The third-order valence-electron chi connectivity index (χ3n) is 2.54. The highest BCUT2D eigenvalue weighted by Gasteiger charge is 2.23. The van der Waals surface area contributed by atoms with E-state index in [-0.39, 0.29) is 18.6 Å². The SMILES string of the molecule is N[C@@H](CCC(=O)N[C@@H](CSC(=O)NO)C(=O)NCC(=O)O)C(=O)O. The molecule has 0 rings (SSSR count). The highest BCUT2D eigenvalue weighted by molar-refractivity contribution is 8.13. The van der Waals surface area contributed by atoms with Crippen LogP contribution in [0, 0.1) is 0 Å². The van der Waals surface area contributed by atoms with Gasteiger partial charge >= 0.3 is 17.2 Å². The predicted octanol–water partition coefficient (Wildman–Crippen LogP) is -2.30. The van der Waals surface area contributed by atoms with Gasteiger partial charge in [-0.15, -0.1) is 0 Å². The molecule has 136 valence electrons. The second kappa shape index (κ2) is 11.2. The molecule has 0 aromatic heterocycles. The lowest BCUT2D eigenvalue weighted by Gasteiger charge is -2.17. The van der Waals surface area contributed by atoms with Gasteiger partial charge in [0.15, 0.2) is 0 Å². The van der Waals surface area contributed by atoms with Crippen molar-refractivity contribution in [1.82, 2.24) is 16.1 Å². The number of hydrogen-bond donors (Lipinski definition) is 7. The van der Waals surface area contributed by atoms with Gasteiger partial charge in [0.2, 0.25) is 11.8 Å². The van der Waals surface area contributed by atoms with Crippen molar-refractivity contribution < 1.29 is 39.4 Å². The molecule has 0 aliphatic heterocycles. The topological polar surface area (TPSA) is 208 Å². The smallest absolute Gasteiger partial charge is 0.322 e. The van der Waals surface area contributed by atoms with E-state index in [9.17, 15) is 24.0 Å². The van der Waals surface area contributed by atoms with Gasteiger partial charge in [-0.1, -0.05) is 11.8 Å². The van der Waals surface area contributed by atoms with E-state index in [1.54, 1.807) is 0 Å². The van der Waals surface area contributed by atoms with Gasteiger partial charge in [0.1, 0.15) is 18.6 Å². The first-order chi connectivity index (χ1) is 11.2. The Balaban J connectivity index is 4.63. The monoisotopic (exact) mass is 366 g/mol. The van der Waals surface area contributed by atoms with Gasteiger partial charge in [0.05, 0.1) is 0 Å². The number of carboxylic acids is 2. The highest BCUT2D eigenvalue weighted by Crippen LogP contribution is 2.05. The molecular formula is C11H18N4O8S. The van der Waals surface area contributed by atoms with Crippen molar-refractivity contribution in [1.29, 1.82) is 0 Å². The number of thioether (sulfide) groups is 1. The van der Waals surface area contributed by atoms with Crippen LogP contribution < -0.4 is 21.8 Å². The fourth-order valence-electron chi connectivity index (χ4n) is 1.34. The number of nitrogens with two attached hydrogens (primary N) is 1. The van der Waals surface area contributed by atoms with Gasteiger partial charge < -0.3 is 26.6 Å². The van der Waals surface area contributed by atoms with E-state index in [1.807, 2.05) is 5.32 Å². The molecule has 24 heavy (non-hydrogen) atoms. The Bertz CT molecular complexity index is 500. The molecule has 0 heterocycles. The Hall–Kier alpha value is -2.38. The van der Waals surface area contributed by atoms with Gasteiger partial charge in [-0.05, 0) is 6.42 Å². The number of nitrogens with one attached hydrogen (secondary N) is 3. The molecular weight excluding hydrogens is 348 g/mol. The summed E-state index contributed by atoms with van der Waals surface area (Å²) in [5.41, 5.74) is 6.56. The van der Waals surface area contributed by atoms with Crippen LogP contribution in [0.5, 0.6) is 0 Å². The number of rotatable bonds is 10. The van der Waals surface area contributed by atoms with Crippen molar-refractivity contribution in [3.8, 4) is 0 Å². The third kappa shape index (κ3) is 9.60. The van der Waals surface area contributed by atoms with Crippen molar-refractivity contribution in [3.05, 3.63) is 0 Å². The molecule has 0 aromatic carbocycles. The number of carboxylic acid groups (broad SMARTS) is 2. The first-order valence-corrected chi connectivity index (χ1v) is 7.50. The summed E-state index contributed by atoms with van der Waals surface area (Å²) in [6.45, 7) is -0.689. The van der Waals surface area contributed by atoms with E-state index < -0.39 is 47.6 Å². The highest BCUT2D eigenvalue weighted by atomic mass is 32.2. The first-order valence-electron chi connectivity index (χ1n) is 6.51. The van der Waals surface area contributed by atoms with Gasteiger partial charge in [0.25, 0.3) is 0 Å². The fraction of sp³-hybridized carbons (Fsp3) is 0.545. The average Bonchev–Trinajstić information content (AvgIpc) is 2.53. The Kier molecular flexibility index (Phi) is 10.1. The minimum absolute atomic E-state index is 0.172. The predicted molar refractivity (Wildman–Crippen MR) is 80.2 cm³/mol. The first kappa shape index (κ1) is 21.6. The molecule has 0 unspecified atom stereocenters. The summed E-state index contributed by atoms with van der Waals surface area (Å²) in [6.07, 6.45) is -0.456. The van der Waals surface area contributed by atoms with Crippen molar-refractivity contribution >= 4 is 40.8 Å². The second-order valence-electron chi connectivity index (χ2n) is 4.43. The van der Waals surface area contributed by atoms with E-state index in [4.69, 9.17) is 21.2 Å². The zero-order valence-corrected chi connectivity index (χ0v) is 13.2. The maximum absolute atomic E-state index is 11.8. The van der Waals surface area contributed by atoms with Crippen molar-refractivity contribution in [3.63, 3.8) is 0 Å². The fourth-order valence-corrected chi connectivity index (χ4v) is 1.95. The molecule has 13 heteroatoms. The largest absolute Gasteiger partial charge is 0.480 e. The summed E-state index contributed by atoms with van der Waals surface area (Å²) >= 11 is 0.477. The Labute approximate surface area is 140 Å². The van der Waals surface area contributed by atoms with E-state index in [2.05, 4.69) is 5.32 Å². The number of hydroxylamine groups is 1. The minimum Gasteiger partial charge on any atom is -0.480 e. The molecule has 0 spiro atoms. The van der Waals surface area contributed by atoms with Gasteiger partial charge in [-0.2, -0.15) is 0 Å². The Morgan fingerprint density at radius 3 is 2.25 bits per heavy atom. The van der Waals surface area contributed by atoms with Gasteiger partial charge in [-0.3, -0.25) is 29.2 Å². The second-order valence-corrected chi connectivity index (χ2v) is 5.42. The molecule has 0 saturated carbocycles. The third-order valence-corrected chi connectivity index (χ3v) is 3.39. The van der Waals surface area contributed by atoms with Crippen molar-refractivity contribution in [2.24, 2.45) is 5.73 Å². The van der Waals surface area contributed by atoms with Crippen LogP contribution in [-0.2, 0) is 19.2 Å². The number of hydrogen-bond acceptors (Lipinski definition) is 8. The Morgan fingerprint density at radius 2 is 1.75 bits per heavy atom. The van der Waals surface area contributed by atoms with Crippen molar-refractivity contribution in [2.75, 3.05) is 12.3 Å². The number of carbonyl (C=O) groups excluding carboxylic acids is 3. The molecule has 0 radical (unpaired) electrons. The number of amides is 3. The van der Waals surface area contributed by atoms with Crippen LogP contribution in [-0.4, -0.2) is 68.8 Å². The Morgan fingerprint density at radius 1 is 1.12 bits per heavy atom. The minimum atomic E-state index is -1.30. The molecule has 0 saturated heterocycles. The average molecular weight is 366 g/mol. The summed E-state index contributed by atoms with van der Waals surface area (Å²) < 4.78 is 0. The lowest BCUT2D eigenvalue weighted by Crippen LogP contribution is -2.49. The zero-order valence-electron chi connectivity index (χ0n) is 12.4. The number of carbonyl (C=O) groups is 5. The van der Waals surface area contributed by atoms with E-state index in [1.165, 1.54) is 5.48 Å². The summed E-state index contributed by atoms with van der Waals surface area (Å²) in [6, 6.07) is -2.51. The zero-order chi connectivity index (χ0) is 18.7. The molecule has 2 atom stereocenters. The molecule has 8 N–H and O–H groups in total. The summed E-state index contributed by atoms with van der Waals surface area (Å²) in [5.74, 6) is -4.43. The van der Waals surface area contributed by atoms with Gasteiger partial charge in [0, 0.05) is 12.2 Å². The molecule has 0 aliphatic carbocycles. The van der Waals surface area contributed by atoms with E-state index in [0.717, 1.165) is 0 Å². The summed E-state index contributed by atoms with van der Waals surface area (Å²) in [7, 11) is 0. The molecule has 12 nitrogen and oxygen atoms in total. The van der Waals surface area contributed by atoms with Crippen LogP contribution >= 0.6 is 11.8 Å². The molecule has 0 aliphatic rings. The maximum atomic E-state index is 11.8. The van der Waals surface area contributed by atoms with Gasteiger partial charge in [-0.25, -0.2) is 5.48 Å². The summed E-state index contributed by atoms with van der Waals surface area (Å²) in [5, 5.41) is 28.9. The molecule has 0 fully saturated rings. The number of aliphatic carboxylic acids is 2. The van der Waals surface area contributed by atoms with Crippen LogP contribution in [0.2, 0.25) is 0 Å². The molecule has 0 aromatic rings. The van der Waals surface area contributed by atoms with Crippen LogP contribution in [0.4, 0.5) is 4.79 Å². The standard InChI is InChI=1S/C11H18N4O8S/c12-5(10(20)21)1-2-7(16)14-6(4-24-11(22)15-23)9(19)13-3-8(17)18/h5-6,23H,1-4,12H2,(H,13,19)(H,14,16)(H,15,22)(H,17,18)(H,20,21)/t5-,6-/m0/s1. The van der Waals surface area contributed by atoms with E-state index >= 15 is 0 Å². The summed E-state index contributed by atoms with van der Waals surface area (Å²) in [4.78, 5) is 55.5. The normalized spacial score (nSPS) is 12.6. The van der Waals surface area contributed by atoms with Crippen molar-refractivity contribution in [2.45, 2.75) is 24.9 Å². The van der Waals surface area contributed by atoms with Crippen LogP contribution in [0.1, 0.15) is 12.8 Å². The maximum Gasteiger partial charge on any atom is 0.322 e. The molecule has 0 bridgehead atoms. The lowest BCUT2D eigenvalue weighted by atomic mass is 10.1. The lowest BCUT2D eigenvalue weighted by molar-refractivity contribution is -0.139. The quantitative estimate of drug-likeness (QED) is 0.162. The molecule has 3 amide bonds. The van der Waals surface area contributed by atoms with Crippen LogP contribution in [0.25, 0.3) is 0 Å². The van der Waals surface area contributed by atoms with Crippen LogP contribution in [0.15, 0.2) is 0 Å².